The Bertz CT molecular complexity index is 883. The molecule has 1 aromatic carbocycles. The molecule has 0 amide bonds. The molecule has 0 radical (unpaired) electrons. The zero-order chi connectivity index (χ0) is 21.0. The smallest absolute Gasteiger partial charge is 0.434 e. The lowest BCUT2D eigenvalue weighted by Gasteiger charge is -2.15. The molecule has 29 heavy (non-hydrogen) atoms. The Hall–Kier alpha value is -2.49. The number of ether oxygens (including phenoxy) is 2. The molecule has 1 aliphatic heterocycles. The van der Waals surface area contributed by atoms with Crippen LogP contribution >= 0.6 is 11.3 Å². The van der Waals surface area contributed by atoms with E-state index in [2.05, 4.69) is 20.6 Å². The number of thiazole rings is 1. The van der Waals surface area contributed by atoms with Crippen LogP contribution in [0.5, 0.6) is 11.5 Å². The van der Waals surface area contributed by atoms with E-state index in [1.54, 1.807) is 7.05 Å². The molecule has 2 heterocycles. The average Bonchev–Trinajstić information content (AvgIpc) is 3.27. The highest BCUT2D eigenvalue weighted by Gasteiger charge is 2.33. The van der Waals surface area contributed by atoms with Crippen molar-refractivity contribution in [3.63, 3.8) is 0 Å². The molecule has 0 saturated carbocycles. The molecule has 0 aliphatic carbocycles. The molecule has 2 aromatic rings. The first-order valence-corrected chi connectivity index (χ1v) is 10.1. The summed E-state index contributed by atoms with van der Waals surface area (Å²) in [5, 5.41) is 7.47. The topological polar surface area (TPSA) is 67.8 Å². The zero-order valence-corrected chi connectivity index (χ0v) is 17.2. The van der Waals surface area contributed by atoms with Gasteiger partial charge in [-0.15, -0.1) is 11.3 Å². The maximum atomic E-state index is 12.7. The van der Waals surface area contributed by atoms with Crippen LogP contribution in [0.15, 0.2) is 22.5 Å². The fourth-order valence-electron chi connectivity index (χ4n) is 2.99. The van der Waals surface area contributed by atoms with Crippen molar-refractivity contribution in [2.24, 2.45) is 4.99 Å². The summed E-state index contributed by atoms with van der Waals surface area (Å²) >= 11 is 0.953. The van der Waals surface area contributed by atoms with Crippen molar-refractivity contribution in [2.45, 2.75) is 45.6 Å². The molecule has 2 N–H and O–H groups in total. The van der Waals surface area contributed by atoms with Gasteiger partial charge in [-0.05, 0) is 26.0 Å². The van der Waals surface area contributed by atoms with E-state index in [9.17, 15) is 13.2 Å². The molecular weight excluding hydrogens is 405 g/mol. The van der Waals surface area contributed by atoms with Gasteiger partial charge in [0.15, 0.2) is 11.7 Å². The first kappa shape index (κ1) is 21.2. The average molecular weight is 428 g/mol. The van der Waals surface area contributed by atoms with Gasteiger partial charge < -0.3 is 20.1 Å². The van der Waals surface area contributed by atoms with Crippen LogP contribution in [0.25, 0.3) is 0 Å². The number of rotatable bonds is 6. The molecule has 158 valence electrons. The largest absolute Gasteiger partial charge is 0.494 e. The van der Waals surface area contributed by atoms with Gasteiger partial charge in [0.25, 0.3) is 0 Å². The number of guanidine groups is 1. The second-order valence-corrected chi connectivity index (χ2v) is 7.48. The number of benzene rings is 1. The molecule has 10 heteroatoms. The van der Waals surface area contributed by atoms with Crippen LogP contribution in [-0.4, -0.2) is 30.7 Å². The summed E-state index contributed by atoms with van der Waals surface area (Å²) in [7, 11) is 1.59. The molecule has 1 atom stereocenters. The van der Waals surface area contributed by atoms with Gasteiger partial charge in [0.2, 0.25) is 0 Å². The lowest BCUT2D eigenvalue weighted by Crippen LogP contribution is -2.36. The normalized spacial score (nSPS) is 16.3. The molecule has 1 aliphatic rings. The van der Waals surface area contributed by atoms with Gasteiger partial charge in [0.05, 0.1) is 13.2 Å². The van der Waals surface area contributed by atoms with Gasteiger partial charge in [0.1, 0.15) is 22.6 Å². The number of aromatic nitrogens is 1. The fourth-order valence-corrected chi connectivity index (χ4v) is 3.73. The van der Waals surface area contributed by atoms with Crippen LogP contribution in [0.4, 0.5) is 13.2 Å². The first-order chi connectivity index (χ1) is 13.8. The second kappa shape index (κ2) is 8.89. The second-order valence-electron chi connectivity index (χ2n) is 6.54. The number of nitrogens with zero attached hydrogens (tertiary/aromatic N) is 2. The molecule has 1 unspecified atom stereocenters. The van der Waals surface area contributed by atoms with Crippen LogP contribution in [0.1, 0.15) is 35.7 Å². The third-order valence-electron chi connectivity index (χ3n) is 4.30. The number of hydrogen-bond donors (Lipinski definition) is 2. The van der Waals surface area contributed by atoms with Crippen LogP contribution in [0.3, 0.4) is 0 Å². The molecule has 0 bridgehead atoms. The van der Waals surface area contributed by atoms with Crippen LogP contribution in [0, 0.1) is 0 Å². The number of fused-ring (bicyclic) bond motifs is 1. The van der Waals surface area contributed by atoms with Crippen molar-refractivity contribution in [1.82, 2.24) is 15.6 Å². The minimum absolute atomic E-state index is 0.136. The highest BCUT2D eigenvalue weighted by atomic mass is 32.1. The summed E-state index contributed by atoms with van der Waals surface area (Å²) in [6, 6.07) is 3.96. The predicted molar refractivity (Wildman–Crippen MR) is 106 cm³/mol. The third kappa shape index (κ3) is 5.31. The maximum Gasteiger partial charge on any atom is 0.434 e. The van der Waals surface area contributed by atoms with Gasteiger partial charge in [-0.25, -0.2) is 4.98 Å². The Labute approximate surface area is 171 Å². The van der Waals surface area contributed by atoms with Gasteiger partial charge in [0, 0.05) is 36.5 Å². The molecule has 0 spiro atoms. The number of halogens is 3. The highest BCUT2D eigenvalue weighted by Crippen LogP contribution is 2.35. The van der Waals surface area contributed by atoms with Crippen LogP contribution in [0.2, 0.25) is 0 Å². The summed E-state index contributed by atoms with van der Waals surface area (Å²) < 4.78 is 49.6. The van der Waals surface area contributed by atoms with E-state index in [0.717, 1.165) is 45.8 Å². The van der Waals surface area contributed by atoms with Gasteiger partial charge >= 0.3 is 6.18 Å². The van der Waals surface area contributed by atoms with Crippen LogP contribution in [-0.2, 0) is 25.7 Å². The van der Waals surface area contributed by atoms with E-state index in [1.165, 1.54) is 0 Å². The highest BCUT2D eigenvalue weighted by molar-refractivity contribution is 7.09. The number of alkyl halides is 3. The van der Waals surface area contributed by atoms with E-state index >= 15 is 0 Å². The molecule has 6 nitrogen and oxygen atoms in total. The minimum Gasteiger partial charge on any atom is -0.494 e. The SMILES string of the molecule is CCOc1cc2c(cc1CNC(=NC)NCc1nc(C(F)(F)F)cs1)OC(C)C2. The van der Waals surface area contributed by atoms with Gasteiger partial charge in [-0.3, -0.25) is 4.99 Å². The van der Waals surface area contributed by atoms with Crippen molar-refractivity contribution in [3.8, 4) is 11.5 Å². The van der Waals surface area contributed by atoms with E-state index in [0.29, 0.717) is 24.1 Å². The zero-order valence-electron chi connectivity index (χ0n) is 16.4. The molecule has 0 saturated heterocycles. The Balaban J connectivity index is 1.62. The first-order valence-electron chi connectivity index (χ1n) is 9.21. The Morgan fingerprint density at radius 2 is 2.10 bits per heavy atom. The quantitative estimate of drug-likeness (QED) is 0.542. The number of nitrogens with one attached hydrogen (secondary N) is 2. The van der Waals surface area contributed by atoms with Crippen molar-refractivity contribution < 1.29 is 22.6 Å². The van der Waals surface area contributed by atoms with Gasteiger partial charge in [-0.2, -0.15) is 13.2 Å². The Morgan fingerprint density at radius 3 is 2.76 bits per heavy atom. The minimum atomic E-state index is -4.43. The predicted octanol–water partition coefficient (Wildman–Crippen LogP) is 3.75. The standard InChI is InChI=1S/C19H23F3N4O2S/c1-4-27-14-6-12-5-11(2)28-15(12)7-13(14)8-24-18(23-3)25-9-17-26-16(10-29-17)19(20,21)22/h6-7,10-11H,4-5,8-9H2,1-3H3,(H2,23,24,25). The number of hydrogen-bond acceptors (Lipinski definition) is 5. The third-order valence-corrected chi connectivity index (χ3v) is 5.15. The fraction of sp³-hybridized carbons (Fsp3) is 0.474. The molecular formula is C19H23F3N4O2S. The molecule has 3 rings (SSSR count). The maximum absolute atomic E-state index is 12.7. The van der Waals surface area contributed by atoms with Gasteiger partial charge in [-0.1, -0.05) is 0 Å². The van der Waals surface area contributed by atoms with Crippen molar-refractivity contribution >= 4 is 17.3 Å². The Morgan fingerprint density at radius 1 is 1.34 bits per heavy atom. The van der Waals surface area contributed by atoms with E-state index in [1.807, 2.05) is 26.0 Å². The summed E-state index contributed by atoms with van der Waals surface area (Å²) in [5.41, 5.74) is 1.16. The van der Waals surface area contributed by atoms with Crippen LogP contribution < -0.4 is 20.1 Å². The van der Waals surface area contributed by atoms with Crippen molar-refractivity contribution in [2.75, 3.05) is 13.7 Å². The van der Waals surface area contributed by atoms with E-state index in [-0.39, 0.29) is 12.6 Å². The Kier molecular flexibility index (Phi) is 6.51. The van der Waals surface area contributed by atoms with Crippen molar-refractivity contribution in [1.29, 1.82) is 0 Å². The lowest BCUT2D eigenvalue weighted by atomic mass is 10.1. The monoisotopic (exact) mass is 428 g/mol. The summed E-state index contributed by atoms with van der Waals surface area (Å²) in [4.78, 5) is 7.71. The molecule has 1 aromatic heterocycles. The van der Waals surface area contributed by atoms with E-state index < -0.39 is 11.9 Å². The molecule has 0 fully saturated rings. The summed E-state index contributed by atoms with van der Waals surface area (Å²) in [6.45, 7) is 5.05. The van der Waals surface area contributed by atoms with E-state index in [4.69, 9.17) is 9.47 Å². The summed E-state index contributed by atoms with van der Waals surface area (Å²) in [5.74, 6) is 2.08. The summed E-state index contributed by atoms with van der Waals surface area (Å²) in [6.07, 6.45) is -3.45. The van der Waals surface area contributed by atoms with Crippen molar-refractivity contribution in [3.05, 3.63) is 39.3 Å². The number of aliphatic imine (C=N–C) groups is 1. The lowest BCUT2D eigenvalue weighted by molar-refractivity contribution is -0.140.